The second kappa shape index (κ2) is 7.63. The van der Waals surface area contributed by atoms with Crippen LogP contribution in [0.5, 0.6) is 0 Å². The molecule has 0 aromatic carbocycles. The molecule has 2 atom stereocenters. The standard InChI is InChI=1S/C20H29N5O4/c1-19(2)7-13(22-12-26)8-20(3,10-19)11-21-18(29)25-6-5-15-14(9-25)16(17(27)28)24(4)23-15/h13H,5-11H2,1-4H3,(H,21,29)(H,27,28). The van der Waals surface area contributed by atoms with Gasteiger partial charge in [-0.1, -0.05) is 20.8 Å². The summed E-state index contributed by atoms with van der Waals surface area (Å²) in [5, 5.41) is 16.7. The zero-order valence-electron chi connectivity index (χ0n) is 17.5. The van der Waals surface area contributed by atoms with Crippen molar-refractivity contribution in [3.05, 3.63) is 17.0 Å². The Morgan fingerprint density at radius 3 is 2.72 bits per heavy atom. The number of carbonyl (C=O) groups excluding carboxylic acids is 2. The van der Waals surface area contributed by atoms with Gasteiger partial charge in [-0.05, 0) is 30.1 Å². The Morgan fingerprint density at radius 2 is 2.07 bits per heavy atom. The van der Waals surface area contributed by atoms with Gasteiger partial charge in [-0.15, -0.1) is 0 Å². The monoisotopic (exact) mass is 403 g/mol. The molecule has 1 aliphatic heterocycles. The Labute approximate surface area is 170 Å². The Morgan fingerprint density at radius 1 is 1.34 bits per heavy atom. The Hall–Kier alpha value is -2.67. The summed E-state index contributed by atoms with van der Waals surface area (Å²) in [5.74, 6) is -1.04. The number of nitrogens with zero attached hydrogens (tertiary/aromatic N) is 4. The van der Waals surface area contributed by atoms with E-state index in [9.17, 15) is 19.5 Å². The van der Waals surface area contributed by atoms with Crippen LogP contribution in [-0.2, 0) is 24.8 Å². The molecule has 2 unspecified atom stereocenters. The molecule has 9 heteroatoms. The van der Waals surface area contributed by atoms with E-state index in [0.29, 0.717) is 25.1 Å². The average molecular weight is 403 g/mol. The van der Waals surface area contributed by atoms with E-state index in [1.54, 1.807) is 18.0 Å². The zero-order valence-corrected chi connectivity index (χ0v) is 17.5. The summed E-state index contributed by atoms with van der Waals surface area (Å²) in [6.07, 6.45) is 4.69. The number of urea groups is 1. The number of carboxylic acids is 1. The SMILES string of the molecule is Cn1nc2c(c1C(=O)O)CN(C(=O)NCC1(C)CC(N=C=O)CC(C)(C)C1)CC2. The van der Waals surface area contributed by atoms with Gasteiger partial charge in [0.05, 0.1) is 18.3 Å². The van der Waals surface area contributed by atoms with Crippen molar-refractivity contribution in [3.63, 3.8) is 0 Å². The van der Waals surface area contributed by atoms with Gasteiger partial charge in [0.1, 0.15) is 0 Å². The molecular formula is C20H29N5O4. The van der Waals surface area contributed by atoms with Crippen LogP contribution in [0.15, 0.2) is 4.99 Å². The first-order chi connectivity index (χ1) is 13.5. The molecule has 0 radical (unpaired) electrons. The summed E-state index contributed by atoms with van der Waals surface area (Å²) in [4.78, 5) is 40.7. The first kappa shape index (κ1) is 21.0. The Bertz CT molecular complexity index is 870. The molecule has 158 valence electrons. The minimum Gasteiger partial charge on any atom is -0.477 e. The lowest BCUT2D eigenvalue weighted by molar-refractivity contribution is 0.0682. The van der Waals surface area contributed by atoms with Crippen LogP contribution in [-0.4, -0.2) is 57.0 Å². The number of rotatable bonds is 4. The number of nitrogens with one attached hydrogen (secondary N) is 1. The van der Waals surface area contributed by atoms with Crippen molar-refractivity contribution < 1.29 is 19.5 Å². The molecule has 1 aliphatic carbocycles. The van der Waals surface area contributed by atoms with Crippen LogP contribution in [0.2, 0.25) is 0 Å². The summed E-state index contributed by atoms with van der Waals surface area (Å²) >= 11 is 0. The maximum Gasteiger partial charge on any atom is 0.354 e. The highest BCUT2D eigenvalue weighted by molar-refractivity contribution is 5.88. The fraction of sp³-hybridized carbons (Fsp3) is 0.700. The highest BCUT2D eigenvalue weighted by Gasteiger charge is 2.42. The molecule has 2 N–H and O–H groups in total. The molecule has 3 rings (SSSR count). The average Bonchev–Trinajstić information content (AvgIpc) is 2.93. The largest absolute Gasteiger partial charge is 0.477 e. The maximum atomic E-state index is 12.8. The maximum absolute atomic E-state index is 12.8. The van der Waals surface area contributed by atoms with E-state index in [4.69, 9.17) is 0 Å². The van der Waals surface area contributed by atoms with Gasteiger partial charge in [-0.25, -0.2) is 19.4 Å². The minimum atomic E-state index is -1.04. The van der Waals surface area contributed by atoms with E-state index in [-0.39, 0.29) is 35.1 Å². The third-order valence-electron chi connectivity index (χ3n) is 6.01. The van der Waals surface area contributed by atoms with Crippen LogP contribution >= 0.6 is 0 Å². The number of aromatic carboxylic acids is 1. The molecule has 1 saturated carbocycles. The van der Waals surface area contributed by atoms with Crippen molar-refractivity contribution in [2.24, 2.45) is 22.9 Å². The summed E-state index contributed by atoms with van der Waals surface area (Å²) in [5.41, 5.74) is 1.32. The van der Waals surface area contributed by atoms with Crippen molar-refractivity contribution in [2.45, 2.75) is 59.0 Å². The van der Waals surface area contributed by atoms with Crippen LogP contribution in [0.25, 0.3) is 0 Å². The number of amides is 2. The van der Waals surface area contributed by atoms with Crippen molar-refractivity contribution in [1.82, 2.24) is 20.0 Å². The molecule has 2 heterocycles. The summed E-state index contributed by atoms with van der Waals surface area (Å²) in [6, 6.07) is -0.292. The van der Waals surface area contributed by atoms with Gasteiger partial charge < -0.3 is 15.3 Å². The van der Waals surface area contributed by atoms with Gasteiger partial charge >= 0.3 is 12.0 Å². The van der Waals surface area contributed by atoms with E-state index in [1.165, 1.54) is 4.68 Å². The fourth-order valence-electron chi connectivity index (χ4n) is 5.22. The number of carboxylic acid groups (broad SMARTS) is 1. The number of aliphatic imine (C=N–C) groups is 1. The van der Waals surface area contributed by atoms with Crippen molar-refractivity contribution in [1.29, 1.82) is 0 Å². The second-order valence-corrected chi connectivity index (χ2v) is 9.47. The molecular weight excluding hydrogens is 374 g/mol. The first-order valence-corrected chi connectivity index (χ1v) is 9.91. The summed E-state index contributed by atoms with van der Waals surface area (Å²) < 4.78 is 1.37. The van der Waals surface area contributed by atoms with Crippen LogP contribution in [0.1, 0.15) is 61.8 Å². The third-order valence-corrected chi connectivity index (χ3v) is 6.01. The Kier molecular flexibility index (Phi) is 5.54. The molecule has 2 aliphatic rings. The van der Waals surface area contributed by atoms with E-state index >= 15 is 0 Å². The second-order valence-electron chi connectivity index (χ2n) is 9.47. The molecule has 9 nitrogen and oxygen atoms in total. The molecule has 0 spiro atoms. The lowest BCUT2D eigenvalue weighted by Gasteiger charge is -2.45. The highest BCUT2D eigenvalue weighted by atomic mass is 16.4. The zero-order chi connectivity index (χ0) is 21.4. The number of isocyanates is 1. The third kappa shape index (κ3) is 4.50. The van der Waals surface area contributed by atoms with Crippen LogP contribution in [0, 0.1) is 10.8 Å². The van der Waals surface area contributed by atoms with Crippen molar-refractivity contribution in [3.8, 4) is 0 Å². The number of hydrogen-bond donors (Lipinski definition) is 2. The van der Waals surface area contributed by atoms with Gasteiger partial charge in [-0.3, -0.25) is 4.68 Å². The minimum absolute atomic E-state index is 0.0227. The molecule has 29 heavy (non-hydrogen) atoms. The molecule has 1 aromatic heterocycles. The number of hydrogen-bond acceptors (Lipinski definition) is 5. The van der Waals surface area contributed by atoms with Gasteiger partial charge in [0, 0.05) is 32.1 Å². The normalized spacial score (nSPS) is 25.7. The fourth-order valence-corrected chi connectivity index (χ4v) is 5.22. The molecule has 0 bridgehead atoms. The molecule has 0 saturated heterocycles. The molecule has 1 aromatic rings. The number of carbonyl (C=O) groups is 2. The van der Waals surface area contributed by atoms with E-state index in [0.717, 1.165) is 25.0 Å². The number of aromatic nitrogens is 2. The highest BCUT2D eigenvalue weighted by Crippen LogP contribution is 2.46. The van der Waals surface area contributed by atoms with Crippen LogP contribution in [0.3, 0.4) is 0 Å². The van der Waals surface area contributed by atoms with Crippen LogP contribution < -0.4 is 5.32 Å². The topological polar surface area (TPSA) is 117 Å². The summed E-state index contributed by atoms with van der Waals surface area (Å²) in [6.45, 7) is 7.62. The summed E-state index contributed by atoms with van der Waals surface area (Å²) in [7, 11) is 1.61. The molecule has 1 fully saturated rings. The predicted molar refractivity (Wildman–Crippen MR) is 105 cm³/mol. The Balaban J connectivity index is 1.67. The van der Waals surface area contributed by atoms with Gasteiger partial charge in [0.25, 0.3) is 0 Å². The van der Waals surface area contributed by atoms with Crippen molar-refractivity contribution in [2.75, 3.05) is 13.1 Å². The smallest absolute Gasteiger partial charge is 0.354 e. The lowest BCUT2D eigenvalue weighted by Crippen LogP contribution is -2.49. The van der Waals surface area contributed by atoms with Gasteiger partial charge in [0.2, 0.25) is 6.08 Å². The van der Waals surface area contributed by atoms with E-state index in [1.807, 2.05) is 0 Å². The predicted octanol–water partition coefficient (Wildman–Crippen LogP) is 2.11. The van der Waals surface area contributed by atoms with E-state index in [2.05, 4.69) is 36.2 Å². The van der Waals surface area contributed by atoms with E-state index < -0.39 is 5.97 Å². The number of aryl methyl sites for hydroxylation is 1. The van der Waals surface area contributed by atoms with Gasteiger partial charge in [0.15, 0.2) is 5.69 Å². The molecule has 2 amide bonds. The first-order valence-electron chi connectivity index (χ1n) is 9.91. The quantitative estimate of drug-likeness (QED) is 0.590. The lowest BCUT2D eigenvalue weighted by atomic mass is 9.63. The number of fused-ring (bicyclic) bond motifs is 1. The van der Waals surface area contributed by atoms with Crippen LogP contribution in [0.4, 0.5) is 4.79 Å². The van der Waals surface area contributed by atoms with Gasteiger partial charge in [-0.2, -0.15) is 5.10 Å². The van der Waals surface area contributed by atoms with Crippen molar-refractivity contribution >= 4 is 18.1 Å².